The molecule has 0 aromatic heterocycles. The van der Waals surface area contributed by atoms with Crippen molar-refractivity contribution < 1.29 is 13.5 Å². The Balaban J connectivity index is 2.48. The van der Waals surface area contributed by atoms with Crippen molar-refractivity contribution in [1.29, 1.82) is 0 Å². The lowest BCUT2D eigenvalue weighted by Gasteiger charge is -2.33. The van der Waals surface area contributed by atoms with Crippen LogP contribution in [-0.4, -0.2) is 18.8 Å². The predicted octanol–water partition coefficient (Wildman–Crippen LogP) is 8.18. The lowest BCUT2D eigenvalue weighted by atomic mass is 9.73. The summed E-state index contributed by atoms with van der Waals surface area (Å²) in [7, 11) is -3.45. The molecule has 0 radical (unpaired) electrons. The number of hydrogen-bond acceptors (Lipinski definition) is 3. The maximum Gasteiger partial charge on any atom is 0.235 e. The summed E-state index contributed by atoms with van der Waals surface area (Å²) in [6.07, 6.45) is 13.3. The molecule has 0 atom stereocenters. The van der Waals surface area contributed by atoms with E-state index in [1.54, 1.807) is 0 Å². The molecule has 0 heterocycles. The van der Waals surface area contributed by atoms with Crippen LogP contribution in [0, 0.1) is 0 Å². The first kappa shape index (κ1) is 28.0. The standard InChI is InChI=1S/C28H49NO3S/c1-7-9-14-18-27(3,4)24-20-22(29-33(31,32)23-16-12-11-13-17-23)21-25(26(24)30)28(5,6)19-15-10-8-2/h20-21,23,29-30H,7-19H2,1-6H3. The third kappa shape index (κ3) is 7.63. The number of benzene rings is 1. The van der Waals surface area contributed by atoms with E-state index in [4.69, 9.17) is 0 Å². The van der Waals surface area contributed by atoms with Gasteiger partial charge in [-0.3, -0.25) is 4.72 Å². The van der Waals surface area contributed by atoms with Crippen LogP contribution in [-0.2, 0) is 20.9 Å². The van der Waals surface area contributed by atoms with E-state index in [2.05, 4.69) is 46.3 Å². The first-order chi connectivity index (χ1) is 15.4. The average Bonchev–Trinajstić information content (AvgIpc) is 2.75. The molecule has 1 aliphatic rings. The number of hydrogen-bond donors (Lipinski definition) is 2. The smallest absolute Gasteiger partial charge is 0.235 e. The lowest BCUT2D eigenvalue weighted by Crippen LogP contribution is -2.30. The fraction of sp³-hybridized carbons (Fsp3) is 0.786. The highest BCUT2D eigenvalue weighted by atomic mass is 32.2. The molecule has 33 heavy (non-hydrogen) atoms. The van der Waals surface area contributed by atoms with Crippen LogP contribution in [0.15, 0.2) is 12.1 Å². The van der Waals surface area contributed by atoms with Crippen molar-refractivity contribution in [2.24, 2.45) is 0 Å². The molecule has 0 bridgehead atoms. The molecule has 1 aromatic rings. The lowest BCUT2D eigenvalue weighted by molar-refractivity contribution is 0.381. The van der Waals surface area contributed by atoms with Crippen molar-refractivity contribution in [3.05, 3.63) is 23.3 Å². The summed E-state index contributed by atoms with van der Waals surface area (Å²) in [6, 6.07) is 3.79. The van der Waals surface area contributed by atoms with Gasteiger partial charge in [-0.25, -0.2) is 8.42 Å². The fourth-order valence-corrected chi connectivity index (χ4v) is 6.82. The number of anilines is 1. The summed E-state index contributed by atoms with van der Waals surface area (Å²) in [4.78, 5) is 0. The molecular weight excluding hydrogens is 430 g/mol. The second-order valence-corrected chi connectivity index (χ2v) is 13.5. The van der Waals surface area contributed by atoms with Crippen LogP contribution in [0.4, 0.5) is 5.69 Å². The molecule has 5 heteroatoms. The number of unbranched alkanes of at least 4 members (excludes halogenated alkanes) is 4. The van der Waals surface area contributed by atoms with Crippen LogP contribution in [0.25, 0.3) is 0 Å². The summed E-state index contributed by atoms with van der Waals surface area (Å²) < 4.78 is 29.4. The van der Waals surface area contributed by atoms with E-state index in [1.807, 2.05) is 12.1 Å². The Morgan fingerprint density at radius 2 is 1.30 bits per heavy atom. The molecule has 0 amide bonds. The Morgan fingerprint density at radius 1 is 0.848 bits per heavy atom. The Morgan fingerprint density at radius 3 is 1.73 bits per heavy atom. The SMILES string of the molecule is CCCCCC(C)(C)c1cc(NS(=O)(=O)C2CCCCC2)cc(C(C)(C)CCCCC)c1O. The molecular formula is C28H49NO3S. The number of nitrogens with one attached hydrogen (secondary N) is 1. The van der Waals surface area contributed by atoms with E-state index < -0.39 is 10.0 Å². The van der Waals surface area contributed by atoms with Crippen LogP contribution in [0.3, 0.4) is 0 Å². The number of sulfonamides is 1. The Kier molecular flexibility index (Phi) is 10.1. The second kappa shape index (κ2) is 12.0. The Bertz CT molecular complexity index is 809. The van der Waals surface area contributed by atoms with Crippen molar-refractivity contribution in [2.75, 3.05) is 4.72 Å². The van der Waals surface area contributed by atoms with Crippen molar-refractivity contribution in [3.63, 3.8) is 0 Å². The summed E-state index contributed by atoms with van der Waals surface area (Å²) in [5, 5.41) is 11.1. The van der Waals surface area contributed by atoms with Gasteiger partial charge in [-0.1, -0.05) is 99.3 Å². The maximum atomic E-state index is 13.2. The maximum absolute atomic E-state index is 13.2. The monoisotopic (exact) mass is 479 g/mol. The quantitative estimate of drug-likeness (QED) is 0.221. The zero-order valence-electron chi connectivity index (χ0n) is 22.1. The Labute approximate surface area is 204 Å². The second-order valence-electron chi connectivity index (χ2n) is 11.5. The first-order valence-corrected chi connectivity index (χ1v) is 14.9. The van der Waals surface area contributed by atoms with Gasteiger partial charge in [-0.15, -0.1) is 0 Å². The van der Waals surface area contributed by atoms with Gasteiger partial charge in [0.1, 0.15) is 5.75 Å². The van der Waals surface area contributed by atoms with Crippen molar-refractivity contribution in [3.8, 4) is 5.75 Å². The molecule has 0 saturated heterocycles. The molecule has 1 saturated carbocycles. The highest BCUT2D eigenvalue weighted by Crippen LogP contribution is 2.45. The minimum Gasteiger partial charge on any atom is -0.507 e. The van der Waals surface area contributed by atoms with E-state index >= 15 is 0 Å². The molecule has 0 unspecified atom stereocenters. The number of aromatic hydroxyl groups is 1. The molecule has 2 rings (SSSR count). The van der Waals surface area contributed by atoms with Gasteiger partial charge in [-0.2, -0.15) is 0 Å². The van der Waals surface area contributed by atoms with Crippen molar-refractivity contribution >= 4 is 15.7 Å². The zero-order chi connectivity index (χ0) is 24.7. The largest absolute Gasteiger partial charge is 0.507 e. The predicted molar refractivity (Wildman–Crippen MR) is 142 cm³/mol. The third-order valence-electron chi connectivity index (χ3n) is 7.63. The van der Waals surface area contributed by atoms with Crippen LogP contribution in [0.1, 0.15) is 136 Å². The van der Waals surface area contributed by atoms with Gasteiger partial charge in [0.25, 0.3) is 0 Å². The summed E-state index contributed by atoms with van der Waals surface area (Å²) in [6.45, 7) is 13.1. The molecule has 0 spiro atoms. The number of rotatable bonds is 13. The molecule has 0 aliphatic heterocycles. The highest BCUT2D eigenvalue weighted by Gasteiger charge is 2.33. The first-order valence-electron chi connectivity index (χ1n) is 13.3. The topological polar surface area (TPSA) is 66.4 Å². The average molecular weight is 480 g/mol. The number of phenols is 1. The molecule has 2 N–H and O–H groups in total. The molecule has 1 aliphatic carbocycles. The van der Waals surface area contributed by atoms with Crippen LogP contribution >= 0.6 is 0 Å². The van der Waals surface area contributed by atoms with Crippen LogP contribution in [0.2, 0.25) is 0 Å². The van der Waals surface area contributed by atoms with Gasteiger partial charge in [0, 0.05) is 16.8 Å². The van der Waals surface area contributed by atoms with E-state index in [0.29, 0.717) is 11.4 Å². The number of phenolic OH excluding ortho intramolecular Hbond substituents is 1. The van der Waals surface area contributed by atoms with Gasteiger partial charge in [0.15, 0.2) is 0 Å². The van der Waals surface area contributed by atoms with Crippen molar-refractivity contribution in [2.45, 2.75) is 141 Å². The van der Waals surface area contributed by atoms with Crippen LogP contribution < -0.4 is 4.72 Å². The van der Waals surface area contributed by atoms with E-state index in [0.717, 1.165) is 94.6 Å². The van der Waals surface area contributed by atoms with Gasteiger partial charge >= 0.3 is 0 Å². The summed E-state index contributed by atoms with van der Waals surface area (Å²) in [5.41, 5.74) is 1.86. The third-order valence-corrected chi connectivity index (χ3v) is 9.50. The van der Waals surface area contributed by atoms with Gasteiger partial charge in [-0.05, 0) is 48.6 Å². The highest BCUT2D eigenvalue weighted by molar-refractivity contribution is 7.93. The summed E-state index contributed by atoms with van der Waals surface area (Å²) >= 11 is 0. The molecule has 4 nitrogen and oxygen atoms in total. The van der Waals surface area contributed by atoms with Gasteiger partial charge < -0.3 is 5.11 Å². The minimum atomic E-state index is -3.45. The van der Waals surface area contributed by atoms with E-state index in [-0.39, 0.29) is 16.1 Å². The Hall–Kier alpha value is -1.23. The van der Waals surface area contributed by atoms with E-state index in [1.165, 1.54) is 0 Å². The molecule has 1 aromatic carbocycles. The normalized spacial score (nSPS) is 16.2. The summed E-state index contributed by atoms with van der Waals surface area (Å²) in [5.74, 6) is 0.346. The fourth-order valence-electron chi connectivity index (χ4n) is 5.25. The van der Waals surface area contributed by atoms with Gasteiger partial charge in [0.2, 0.25) is 10.0 Å². The minimum absolute atomic E-state index is 0.236. The van der Waals surface area contributed by atoms with Crippen molar-refractivity contribution in [1.82, 2.24) is 0 Å². The molecule has 1 fully saturated rings. The zero-order valence-corrected chi connectivity index (χ0v) is 22.9. The van der Waals surface area contributed by atoms with Gasteiger partial charge in [0.05, 0.1) is 5.25 Å². The van der Waals surface area contributed by atoms with Crippen LogP contribution in [0.5, 0.6) is 5.75 Å². The van der Waals surface area contributed by atoms with E-state index in [9.17, 15) is 13.5 Å². The molecule has 190 valence electrons.